The van der Waals surface area contributed by atoms with Crippen molar-refractivity contribution in [1.29, 1.82) is 0 Å². The first kappa shape index (κ1) is 21.5. The Morgan fingerprint density at radius 1 is 1.00 bits per heavy atom. The fourth-order valence-electron chi connectivity index (χ4n) is 2.96. The van der Waals surface area contributed by atoms with Crippen LogP contribution in [-0.2, 0) is 4.79 Å². The summed E-state index contributed by atoms with van der Waals surface area (Å²) in [7, 11) is 0. The minimum Gasteiger partial charge on any atom is -0.457 e. The lowest BCUT2D eigenvalue weighted by Gasteiger charge is -2.17. The highest BCUT2D eigenvalue weighted by atomic mass is 16.6. The number of hydrogen-bond donors (Lipinski definition) is 2. The number of ether oxygens (including phenoxy) is 1. The lowest BCUT2D eigenvalue weighted by Crippen LogP contribution is -2.27. The van der Waals surface area contributed by atoms with E-state index in [0.717, 1.165) is 5.56 Å². The van der Waals surface area contributed by atoms with Gasteiger partial charge in [0, 0.05) is 24.7 Å². The predicted octanol–water partition coefficient (Wildman–Crippen LogP) is 4.84. The van der Waals surface area contributed by atoms with Crippen molar-refractivity contribution in [3.05, 3.63) is 94.0 Å². The molecule has 3 aromatic rings. The highest BCUT2D eigenvalue weighted by molar-refractivity contribution is 5.98. The molecule has 0 saturated carbocycles. The molecule has 1 unspecified atom stereocenters. The fourth-order valence-corrected chi connectivity index (χ4v) is 2.96. The Morgan fingerprint density at radius 3 is 2.42 bits per heavy atom. The third-order valence-electron chi connectivity index (χ3n) is 4.44. The van der Waals surface area contributed by atoms with E-state index in [1.54, 1.807) is 49.4 Å². The summed E-state index contributed by atoms with van der Waals surface area (Å²) in [6.07, 6.45) is 0. The number of nitro groups is 1. The number of carbonyl (C=O) groups is 2. The zero-order valence-electron chi connectivity index (χ0n) is 17.0. The van der Waals surface area contributed by atoms with Crippen LogP contribution in [0.5, 0.6) is 11.5 Å². The Bertz CT molecular complexity index is 1120. The summed E-state index contributed by atoms with van der Waals surface area (Å²) in [4.78, 5) is 34.9. The molecular weight excluding hydrogens is 398 g/mol. The van der Waals surface area contributed by atoms with Crippen LogP contribution in [0.15, 0.2) is 72.8 Å². The van der Waals surface area contributed by atoms with Gasteiger partial charge in [0.25, 0.3) is 11.6 Å². The van der Waals surface area contributed by atoms with Crippen LogP contribution in [0.25, 0.3) is 0 Å². The number of nitrogens with one attached hydrogen (secondary N) is 2. The Hall–Kier alpha value is -4.20. The molecule has 0 spiro atoms. The Balaban J connectivity index is 1.86. The third-order valence-corrected chi connectivity index (χ3v) is 4.44. The lowest BCUT2D eigenvalue weighted by molar-refractivity contribution is -0.384. The molecule has 0 bridgehead atoms. The first-order valence-corrected chi connectivity index (χ1v) is 9.53. The number of para-hydroxylation sites is 1. The van der Waals surface area contributed by atoms with Gasteiger partial charge in [0.2, 0.25) is 5.91 Å². The number of non-ortho nitro benzene ring substituents is 1. The average molecular weight is 419 g/mol. The van der Waals surface area contributed by atoms with Crippen molar-refractivity contribution in [2.24, 2.45) is 0 Å². The summed E-state index contributed by atoms with van der Waals surface area (Å²) < 4.78 is 5.78. The largest absolute Gasteiger partial charge is 0.457 e. The summed E-state index contributed by atoms with van der Waals surface area (Å²) in [5.41, 5.74) is 1.19. The maximum Gasteiger partial charge on any atom is 0.270 e. The molecule has 8 heteroatoms. The van der Waals surface area contributed by atoms with Crippen LogP contribution in [0.4, 0.5) is 11.4 Å². The molecule has 0 saturated heterocycles. The van der Waals surface area contributed by atoms with Gasteiger partial charge in [0.15, 0.2) is 0 Å². The molecule has 0 fully saturated rings. The normalized spacial score (nSPS) is 11.3. The molecule has 31 heavy (non-hydrogen) atoms. The number of nitrogens with zero attached hydrogens (tertiary/aromatic N) is 1. The molecule has 0 aliphatic rings. The summed E-state index contributed by atoms with van der Waals surface area (Å²) in [5.74, 6) is -0.0184. The van der Waals surface area contributed by atoms with E-state index in [-0.39, 0.29) is 22.9 Å². The van der Waals surface area contributed by atoms with Gasteiger partial charge in [-0.1, -0.05) is 30.3 Å². The number of nitro benzene ring substituents is 1. The third kappa shape index (κ3) is 5.66. The fraction of sp³-hybridized carbons (Fsp3) is 0.130. The number of rotatable bonds is 7. The Labute approximate surface area is 179 Å². The van der Waals surface area contributed by atoms with E-state index >= 15 is 0 Å². The summed E-state index contributed by atoms with van der Waals surface area (Å²) >= 11 is 0. The second-order valence-corrected chi connectivity index (χ2v) is 6.85. The molecule has 3 rings (SSSR count). The zero-order valence-corrected chi connectivity index (χ0v) is 17.0. The smallest absolute Gasteiger partial charge is 0.270 e. The van der Waals surface area contributed by atoms with Crippen LogP contribution in [0.3, 0.4) is 0 Å². The molecule has 0 aliphatic heterocycles. The summed E-state index contributed by atoms with van der Waals surface area (Å²) in [5, 5.41) is 16.7. The number of anilines is 1. The van der Waals surface area contributed by atoms with Gasteiger partial charge in [-0.2, -0.15) is 0 Å². The predicted molar refractivity (Wildman–Crippen MR) is 116 cm³/mol. The minimum atomic E-state index is -0.566. The van der Waals surface area contributed by atoms with Crippen molar-refractivity contribution in [1.82, 2.24) is 5.32 Å². The molecule has 1 atom stereocenters. The molecular formula is C23H21N3O5. The van der Waals surface area contributed by atoms with Gasteiger partial charge in [-0.05, 0) is 42.8 Å². The van der Waals surface area contributed by atoms with Gasteiger partial charge in [0.05, 0.1) is 16.5 Å². The second kappa shape index (κ2) is 9.53. The molecule has 8 nitrogen and oxygen atoms in total. The molecule has 0 radical (unpaired) electrons. The average Bonchev–Trinajstić information content (AvgIpc) is 2.74. The van der Waals surface area contributed by atoms with E-state index in [4.69, 9.17) is 4.74 Å². The molecule has 3 aromatic carbocycles. The minimum absolute atomic E-state index is 0.0444. The Kier molecular flexibility index (Phi) is 6.61. The highest BCUT2D eigenvalue weighted by Gasteiger charge is 2.20. The highest BCUT2D eigenvalue weighted by Crippen LogP contribution is 2.29. The van der Waals surface area contributed by atoms with Crippen LogP contribution >= 0.6 is 0 Å². The van der Waals surface area contributed by atoms with Crippen molar-refractivity contribution < 1.29 is 19.2 Å². The zero-order chi connectivity index (χ0) is 22.4. The first-order chi connectivity index (χ1) is 14.8. The van der Waals surface area contributed by atoms with E-state index in [1.165, 1.54) is 25.1 Å². The van der Waals surface area contributed by atoms with Gasteiger partial charge in [-0.3, -0.25) is 19.7 Å². The van der Waals surface area contributed by atoms with Gasteiger partial charge in [0.1, 0.15) is 11.5 Å². The quantitative estimate of drug-likeness (QED) is 0.421. The van der Waals surface area contributed by atoms with Gasteiger partial charge in [-0.25, -0.2) is 0 Å². The summed E-state index contributed by atoms with van der Waals surface area (Å²) in [6.45, 7) is 3.19. The van der Waals surface area contributed by atoms with Gasteiger partial charge >= 0.3 is 0 Å². The maximum absolute atomic E-state index is 13.0. The van der Waals surface area contributed by atoms with Crippen LogP contribution in [0.1, 0.15) is 35.8 Å². The van der Waals surface area contributed by atoms with E-state index in [0.29, 0.717) is 11.4 Å². The Morgan fingerprint density at radius 2 is 1.74 bits per heavy atom. The maximum atomic E-state index is 13.0. The van der Waals surface area contributed by atoms with Crippen LogP contribution in [-0.4, -0.2) is 16.7 Å². The van der Waals surface area contributed by atoms with Crippen molar-refractivity contribution in [2.45, 2.75) is 19.9 Å². The molecule has 158 valence electrons. The van der Waals surface area contributed by atoms with E-state index < -0.39 is 16.9 Å². The standard InChI is InChI=1S/C23H21N3O5/c1-15(17-7-6-8-18(13-17)25-16(2)27)24-23(28)21-14-19(26(29)30)11-12-22(21)31-20-9-4-3-5-10-20/h3-15H,1-2H3,(H,24,28)(H,25,27). The number of hydrogen-bond acceptors (Lipinski definition) is 5. The topological polar surface area (TPSA) is 111 Å². The van der Waals surface area contributed by atoms with Crippen molar-refractivity contribution >= 4 is 23.2 Å². The second-order valence-electron chi connectivity index (χ2n) is 6.85. The van der Waals surface area contributed by atoms with E-state index in [9.17, 15) is 19.7 Å². The molecule has 2 N–H and O–H groups in total. The van der Waals surface area contributed by atoms with Crippen molar-refractivity contribution in [3.8, 4) is 11.5 Å². The number of benzene rings is 3. The molecule has 0 aromatic heterocycles. The van der Waals surface area contributed by atoms with Crippen molar-refractivity contribution in [2.75, 3.05) is 5.32 Å². The van der Waals surface area contributed by atoms with Gasteiger partial charge < -0.3 is 15.4 Å². The SMILES string of the molecule is CC(=O)Nc1cccc(C(C)NC(=O)c2cc([N+](=O)[O-])ccc2Oc2ccccc2)c1. The van der Waals surface area contributed by atoms with Gasteiger partial charge in [-0.15, -0.1) is 0 Å². The lowest BCUT2D eigenvalue weighted by atomic mass is 10.1. The van der Waals surface area contributed by atoms with Crippen molar-refractivity contribution in [3.63, 3.8) is 0 Å². The first-order valence-electron chi connectivity index (χ1n) is 9.53. The number of amides is 2. The molecule has 2 amide bonds. The number of carbonyl (C=O) groups excluding carboxylic acids is 2. The molecule has 0 heterocycles. The van der Waals surface area contributed by atoms with E-state index in [1.807, 2.05) is 12.1 Å². The van der Waals surface area contributed by atoms with E-state index in [2.05, 4.69) is 10.6 Å². The monoisotopic (exact) mass is 419 g/mol. The summed E-state index contributed by atoms with van der Waals surface area (Å²) in [6, 6.07) is 19.4. The van der Waals surface area contributed by atoms with Crippen LogP contribution in [0, 0.1) is 10.1 Å². The van der Waals surface area contributed by atoms with Crippen LogP contribution in [0.2, 0.25) is 0 Å². The van der Waals surface area contributed by atoms with Crippen LogP contribution < -0.4 is 15.4 Å². The molecule has 0 aliphatic carbocycles.